The van der Waals surface area contributed by atoms with Crippen LogP contribution in [0.15, 0.2) is 54.7 Å². The second kappa shape index (κ2) is 8.63. The predicted octanol–water partition coefficient (Wildman–Crippen LogP) is 3.94. The van der Waals surface area contributed by atoms with Gasteiger partial charge in [0.25, 0.3) is 5.91 Å². The van der Waals surface area contributed by atoms with E-state index in [2.05, 4.69) is 20.3 Å². The number of morpholine rings is 1. The molecule has 0 radical (unpaired) electrons. The van der Waals surface area contributed by atoms with Crippen LogP contribution in [0.4, 0.5) is 11.5 Å². The Morgan fingerprint density at radius 2 is 2.00 bits per heavy atom. The van der Waals surface area contributed by atoms with Crippen molar-refractivity contribution in [1.82, 2.24) is 24.4 Å². The molecule has 0 unspecified atom stereocenters. The van der Waals surface area contributed by atoms with E-state index in [-0.39, 0.29) is 12.0 Å². The molecule has 0 spiro atoms. The summed E-state index contributed by atoms with van der Waals surface area (Å²) in [5.41, 5.74) is 5.03. The fraction of sp³-hybridized carbons (Fsp3) is 0.280. The second-order valence-corrected chi connectivity index (χ2v) is 8.29. The Balaban J connectivity index is 1.36. The lowest BCUT2D eigenvalue weighted by Gasteiger charge is -2.33. The Morgan fingerprint density at radius 3 is 2.82 bits per heavy atom. The van der Waals surface area contributed by atoms with Crippen molar-refractivity contribution in [3.8, 4) is 0 Å². The average molecular weight is 443 g/mol. The molecule has 0 aliphatic carbocycles. The SMILES string of the molecule is Cc1cc(Nc2ccccn2)cc([C@H]2CN(C(=O)c3ccc4c(c3)nc(C)n4C)CCO2)n1. The van der Waals surface area contributed by atoms with Crippen LogP contribution in [0, 0.1) is 13.8 Å². The first-order chi connectivity index (χ1) is 16.0. The molecule has 3 aromatic heterocycles. The average Bonchev–Trinajstić information content (AvgIpc) is 3.11. The number of carbonyl (C=O) groups is 1. The van der Waals surface area contributed by atoms with E-state index >= 15 is 0 Å². The van der Waals surface area contributed by atoms with E-state index in [0.717, 1.165) is 39.8 Å². The molecule has 4 heterocycles. The summed E-state index contributed by atoms with van der Waals surface area (Å²) in [4.78, 5) is 28.7. The van der Waals surface area contributed by atoms with Gasteiger partial charge in [0.1, 0.15) is 17.7 Å². The van der Waals surface area contributed by atoms with Crippen molar-refractivity contribution in [3.63, 3.8) is 0 Å². The largest absolute Gasteiger partial charge is 0.368 e. The zero-order chi connectivity index (χ0) is 22.9. The molecular weight excluding hydrogens is 416 g/mol. The van der Waals surface area contributed by atoms with E-state index in [1.165, 1.54) is 0 Å². The van der Waals surface area contributed by atoms with Crippen LogP contribution in [0.2, 0.25) is 0 Å². The van der Waals surface area contributed by atoms with Crippen LogP contribution < -0.4 is 5.32 Å². The van der Waals surface area contributed by atoms with Crippen LogP contribution in [-0.4, -0.2) is 50.0 Å². The van der Waals surface area contributed by atoms with E-state index in [1.54, 1.807) is 6.20 Å². The fourth-order valence-electron chi connectivity index (χ4n) is 4.16. The van der Waals surface area contributed by atoms with E-state index < -0.39 is 0 Å². The first-order valence-electron chi connectivity index (χ1n) is 11.0. The summed E-state index contributed by atoms with van der Waals surface area (Å²) in [5.74, 6) is 1.66. The molecule has 0 saturated carbocycles. The Hall–Kier alpha value is -3.78. The van der Waals surface area contributed by atoms with E-state index in [9.17, 15) is 4.79 Å². The number of pyridine rings is 2. The third-order valence-electron chi connectivity index (χ3n) is 5.95. The number of rotatable bonds is 4. The molecule has 1 atom stereocenters. The third kappa shape index (κ3) is 4.29. The van der Waals surface area contributed by atoms with Crippen LogP contribution in [-0.2, 0) is 11.8 Å². The highest BCUT2D eigenvalue weighted by molar-refractivity contribution is 5.97. The summed E-state index contributed by atoms with van der Waals surface area (Å²) in [5, 5.41) is 3.31. The smallest absolute Gasteiger partial charge is 0.254 e. The maximum absolute atomic E-state index is 13.3. The third-order valence-corrected chi connectivity index (χ3v) is 5.95. The molecule has 1 aliphatic heterocycles. The number of ether oxygens (including phenoxy) is 1. The number of nitrogens with zero attached hydrogens (tertiary/aromatic N) is 5. The van der Waals surface area contributed by atoms with Gasteiger partial charge in [0.05, 0.1) is 29.9 Å². The number of anilines is 2. The van der Waals surface area contributed by atoms with Gasteiger partial charge in [0, 0.05) is 36.7 Å². The summed E-state index contributed by atoms with van der Waals surface area (Å²) in [6.07, 6.45) is 1.45. The first-order valence-corrected chi connectivity index (χ1v) is 11.0. The molecule has 1 aromatic carbocycles. The van der Waals surface area contributed by atoms with Gasteiger partial charge in [-0.3, -0.25) is 9.78 Å². The van der Waals surface area contributed by atoms with Crippen LogP contribution in [0.25, 0.3) is 11.0 Å². The Bertz CT molecular complexity index is 1320. The summed E-state index contributed by atoms with van der Waals surface area (Å²) in [6, 6.07) is 15.3. The van der Waals surface area contributed by atoms with E-state index in [0.29, 0.717) is 25.3 Å². The minimum Gasteiger partial charge on any atom is -0.368 e. The van der Waals surface area contributed by atoms with Crippen molar-refractivity contribution >= 4 is 28.4 Å². The van der Waals surface area contributed by atoms with Gasteiger partial charge < -0.3 is 19.5 Å². The van der Waals surface area contributed by atoms with Crippen LogP contribution in [0.3, 0.4) is 0 Å². The fourth-order valence-corrected chi connectivity index (χ4v) is 4.16. The van der Waals surface area contributed by atoms with Gasteiger partial charge in [-0.2, -0.15) is 0 Å². The number of hydrogen-bond acceptors (Lipinski definition) is 6. The van der Waals surface area contributed by atoms with Gasteiger partial charge >= 0.3 is 0 Å². The van der Waals surface area contributed by atoms with Crippen molar-refractivity contribution in [1.29, 1.82) is 0 Å². The van der Waals surface area contributed by atoms with E-state index in [1.807, 2.05) is 78.9 Å². The lowest BCUT2D eigenvalue weighted by molar-refractivity contribution is -0.0247. The number of carbonyl (C=O) groups excluding carboxylic acids is 1. The van der Waals surface area contributed by atoms with Crippen molar-refractivity contribution in [2.45, 2.75) is 20.0 Å². The van der Waals surface area contributed by atoms with Crippen molar-refractivity contribution in [2.24, 2.45) is 7.05 Å². The number of aromatic nitrogens is 4. The van der Waals surface area contributed by atoms with Crippen LogP contribution >= 0.6 is 0 Å². The van der Waals surface area contributed by atoms with Gasteiger partial charge in [-0.1, -0.05) is 6.07 Å². The van der Waals surface area contributed by atoms with Gasteiger partial charge in [-0.05, 0) is 56.3 Å². The quantitative estimate of drug-likeness (QED) is 0.515. The standard InChI is InChI=1S/C25H26N6O2/c1-16-12-19(29-24-6-4-5-9-26-24)14-21(27-16)23-15-31(10-11-33-23)25(32)18-7-8-22-20(13-18)28-17(2)30(22)3/h4-9,12-14,23H,10-11,15H2,1-3H3,(H,26,27,29)/t23-/m1/s1. The number of hydrogen-bond donors (Lipinski definition) is 1. The molecule has 1 aliphatic rings. The maximum Gasteiger partial charge on any atom is 0.254 e. The van der Waals surface area contributed by atoms with Gasteiger partial charge in [-0.25, -0.2) is 9.97 Å². The number of imidazole rings is 1. The molecule has 8 nitrogen and oxygen atoms in total. The van der Waals surface area contributed by atoms with Crippen molar-refractivity contribution in [3.05, 3.63) is 77.5 Å². The molecule has 8 heteroatoms. The molecule has 5 rings (SSSR count). The molecule has 1 amide bonds. The Labute approximate surface area is 192 Å². The number of amides is 1. The molecule has 1 N–H and O–H groups in total. The molecule has 4 aromatic rings. The van der Waals surface area contributed by atoms with Gasteiger partial charge in [-0.15, -0.1) is 0 Å². The number of aryl methyl sites for hydroxylation is 3. The van der Waals surface area contributed by atoms with E-state index in [4.69, 9.17) is 4.74 Å². The zero-order valence-corrected chi connectivity index (χ0v) is 18.9. The maximum atomic E-state index is 13.3. The normalized spacial score (nSPS) is 16.2. The molecule has 1 fully saturated rings. The van der Waals surface area contributed by atoms with Crippen molar-refractivity contribution in [2.75, 3.05) is 25.0 Å². The molecule has 1 saturated heterocycles. The Morgan fingerprint density at radius 1 is 1.12 bits per heavy atom. The second-order valence-electron chi connectivity index (χ2n) is 8.29. The van der Waals surface area contributed by atoms with Crippen LogP contribution in [0.5, 0.6) is 0 Å². The number of nitrogens with one attached hydrogen (secondary N) is 1. The summed E-state index contributed by atoms with van der Waals surface area (Å²) in [7, 11) is 1.98. The van der Waals surface area contributed by atoms with Gasteiger partial charge in [0.15, 0.2) is 0 Å². The highest BCUT2D eigenvalue weighted by atomic mass is 16.5. The van der Waals surface area contributed by atoms with Gasteiger partial charge in [0.2, 0.25) is 0 Å². The summed E-state index contributed by atoms with van der Waals surface area (Å²) < 4.78 is 8.04. The molecule has 33 heavy (non-hydrogen) atoms. The number of benzene rings is 1. The lowest BCUT2D eigenvalue weighted by atomic mass is 10.1. The molecular formula is C25H26N6O2. The highest BCUT2D eigenvalue weighted by Crippen LogP contribution is 2.26. The predicted molar refractivity (Wildman–Crippen MR) is 127 cm³/mol. The lowest BCUT2D eigenvalue weighted by Crippen LogP contribution is -2.42. The number of fused-ring (bicyclic) bond motifs is 1. The monoisotopic (exact) mass is 442 g/mol. The summed E-state index contributed by atoms with van der Waals surface area (Å²) >= 11 is 0. The van der Waals surface area contributed by atoms with Crippen molar-refractivity contribution < 1.29 is 9.53 Å². The minimum absolute atomic E-state index is 0.0204. The Kier molecular flexibility index (Phi) is 5.51. The zero-order valence-electron chi connectivity index (χ0n) is 18.9. The summed E-state index contributed by atoms with van der Waals surface area (Å²) in [6.45, 7) is 5.35. The topological polar surface area (TPSA) is 85.2 Å². The molecule has 168 valence electrons. The first kappa shape index (κ1) is 21.1. The van der Waals surface area contributed by atoms with Crippen LogP contribution in [0.1, 0.15) is 33.7 Å². The minimum atomic E-state index is -0.298. The highest BCUT2D eigenvalue weighted by Gasteiger charge is 2.28. The molecule has 0 bridgehead atoms.